The number of hydrogen-bond acceptors (Lipinski definition) is 5. The molecule has 0 unspecified atom stereocenters. The molecule has 0 atom stereocenters. The Morgan fingerprint density at radius 3 is 2.56 bits per heavy atom. The summed E-state index contributed by atoms with van der Waals surface area (Å²) in [5, 5.41) is 14.2. The summed E-state index contributed by atoms with van der Waals surface area (Å²) in [6.07, 6.45) is 3.31. The minimum Gasteiger partial charge on any atom is -0.395 e. The van der Waals surface area contributed by atoms with Crippen molar-refractivity contribution in [2.24, 2.45) is 0 Å². The molecule has 1 aromatic carbocycles. The van der Waals surface area contributed by atoms with Gasteiger partial charge in [-0.15, -0.1) is 0 Å². The van der Waals surface area contributed by atoms with Crippen LogP contribution in [-0.2, 0) is 16.6 Å². The Kier molecular flexibility index (Phi) is 6.45. The highest BCUT2D eigenvalue weighted by molar-refractivity contribution is 7.89. The summed E-state index contributed by atoms with van der Waals surface area (Å²) in [7, 11) is -2.26. The van der Waals surface area contributed by atoms with Crippen molar-refractivity contribution in [3.8, 4) is 0 Å². The lowest BCUT2D eigenvalue weighted by Gasteiger charge is -2.16. The van der Waals surface area contributed by atoms with Crippen molar-refractivity contribution in [3.63, 3.8) is 0 Å². The zero-order valence-electron chi connectivity index (χ0n) is 13.7. The Morgan fingerprint density at radius 1 is 1.24 bits per heavy atom. The van der Waals surface area contributed by atoms with Crippen molar-refractivity contribution in [3.05, 3.63) is 54.4 Å². The van der Waals surface area contributed by atoms with E-state index in [-0.39, 0.29) is 18.0 Å². The van der Waals surface area contributed by atoms with E-state index in [0.29, 0.717) is 12.2 Å². The number of urea groups is 1. The Hall–Kier alpha value is -2.49. The van der Waals surface area contributed by atoms with E-state index in [4.69, 9.17) is 5.11 Å². The van der Waals surface area contributed by atoms with E-state index < -0.39 is 16.1 Å². The van der Waals surface area contributed by atoms with Gasteiger partial charge in [0.1, 0.15) is 0 Å². The van der Waals surface area contributed by atoms with Crippen molar-refractivity contribution >= 4 is 21.7 Å². The average Bonchev–Trinajstić information content (AvgIpc) is 2.61. The van der Waals surface area contributed by atoms with Gasteiger partial charge in [0.2, 0.25) is 10.0 Å². The molecule has 134 valence electrons. The molecule has 0 bridgehead atoms. The molecule has 0 saturated heterocycles. The van der Waals surface area contributed by atoms with Crippen molar-refractivity contribution in [2.75, 3.05) is 25.5 Å². The van der Waals surface area contributed by atoms with Gasteiger partial charge >= 0.3 is 6.03 Å². The van der Waals surface area contributed by atoms with Crippen LogP contribution >= 0.6 is 0 Å². The maximum Gasteiger partial charge on any atom is 0.319 e. The Morgan fingerprint density at radius 2 is 1.96 bits per heavy atom. The van der Waals surface area contributed by atoms with Gasteiger partial charge in [-0.3, -0.25) is 4.98 Å². The molecule has 1 aromatic heterocycles. The van der Waals surface area contributed by atoms with E-state index in [1.807, 2.05) is 6.07 Å². The number of nitrogens with zero attached hydrogens (tertiary/aromatic N) is 2. The monoisotopic (exact) mass is 364 g/mol. The molecular formula is C16H20N4O4S. The third-order valence-corrected chi connectivity index (χ3v) is 5.28. The van der Waals surface area contributed by atoms with Crippen LogP contribution in [0.5, 0.6) is 0 Å². The molecule has 9 heteroatoms. The van der Waals surface area contributed by atoms with Crippen LogP contribution in [0, 0.1) is 0 Å². The molecule has 0 spiro atoms. The minimum absolute atomic E-state index is 0.0130. The maximum absolute atomic E-state index is 12.2. The zero-order valence-corrected chi connectivity index (χ0v) is 14.5. The first-order valence-electron chi connectivity index (χ1n) is 7.54. The zero-order chi connectivity index (χ0) is 18.3. The van der Waals surface area contributed by atoms with Gasteiger partial charge in [-0.1, -0.05) is 6.07 Å². The lowest BCUT2D eigenvalue weighted by atomic mass is 10.3. The van der Waals surface area contributed by atoms with Crippen molar-refractivity contribution in [1.82, 2.24) is 14.6 Å². The van der Waals surface area contributed by atoms with Crippen LogP contribution in [0.15, 0.2) is 53.7 Å². The summed E-state index contributed by atoms with van der Waals surface area (Å²) in [5.74, 6) is 0. The van der Waals surface area contributed by atoms with Crippen molar-refractivity contribution in [1.29, 1.82) is 0 Å². The standard InChI is InChI=1S/C16H20N4O4S/c1-20(9-10-21)25(23,24)15-6-4-14(5-7-15)19-16(22)18-12-13-3-2-8-17-11-13/h2-8,11,21H,9-10,12H2,1H3,(H2,18,19,22). The summed E-state index contributed by atoms with van der Waals surface area (Å²) in [4.78, 5) is 15.9. The van der Waals surface area contributed by atoms with Crippen LogP contribution in [0.3, 0.4) is 0 Å². The van der Waals surface area contributed by atoms with Gasteiger partial charge in [0, 0.05) is 38.2 Å². The second-order valence-corrected chi connectivity index (χ2v) is 7.29. The van der Waals surface area contributed by atoms with Crippen LogP contribution in [-0.4, -0.2) is 49.0 Å². The molecule has 0 aliphatic carbocycles. The number of carbonyl (C=O) groups excluding carboxylic acids is 1. The van der Waals surface area contributed by atoms with E-state index >= 15 is 0 Å². The highest BCUT2D eigenvalue weighted by atomic mass is 32.2. The summed E-state index contributed by atoms with van der Waals surface area (Å²) in [5.41, 5.74) is 1.33. The molecule has 0 aliphatic rings. The van der Waals surface area contributed by atoms with Crippen LogP contribution in [0.2, 0.25) is 0 Å². The van der Waals surface area contributed by atoms with Crippen molar-refractivity contribution < 1.29 is 18.3 Å². The van der Waals surface area contributed by atoms with Crippen LogP contribution < -0.4 is 10.6 Å². The van der Waals surface area contributed by atoms with Gasteiger partial charge in [0.25, 0.3) is 0 Å². The molecule has 8 nitrogen and oxygen atoms in total. The van der Waals surface area contributed by atoms with Gasteiger partial charge in [-0.25, -0.2) is 13.2 Å². The topological polar surface area (TPSA) is 112 Å². The van der Waals surface area contributed by atoms with Gasteiger partial charge in [-0.05, 0) is 35.9 Å². The average molecular weight is 364 g/mol. The number of aliphatic hydroxyl groups is 1. The largest absolute Gasteiger partial charge is 0.395 e. The SMILES string of the molecule is CN(CCO)S(=O)(=O)c1ccc(NC(=O)NCc2cccnc2)cc1. The molecule has 0 radical (unpaired) electrons. The van der Waals surface area contributed by atoms with E-state index in [0.717, 1.165) is 9.87 Å². The lowest BCUT2D eigenvalue weighted by molar-refractivity contribution is 0.251. The number of hydrogen-bond donors (Lipinski definition) is 3. The van der Waals surface area contributed by atoms with Crippen LogP contribution in [0.1, 0.15) is 5.56 Å². The number of aliphatic hydroxyl groups excluding tert-OH is 1. The molecule has 3 N–H and O–H groups in total. The van der Waals surface area contributed by atoms with E-state index in [9.17, 15) is 13.2 Å². The first kappa shape index (κ1) is 18.8. The van der Waals surface area contributed by atoms with Gasteiger partial charge in [0.05, 0.1) is 11.5 Å². The van der Waals surface area contributed by atoms with Crippen molar-refractivity contribution in [2.45, 2.75) is 11.4 Å². The Balaban J connectivity index is 1.94. The number of nitrogens with one attached hydrogen (secondary N) is 2. The molecule has 2 rings (SSSR count). The number of likely N-dealkylation sites (N-methyl/N-ethyl adjacent to an activating group) is 1. The third kappa shape index (κ3) is 5.24. The second-order valence-electron chi connectivity index (χ2n) is 5.24. The smallest absolute Gasteiger partial charge is 0.319 e. The molecular weight excluding hydrogens is 344 g/mol. The number of anilines is 1. The number of benzene rings is 1. The van der Waals surface area contributed by atoms with Gasteiger partial charge in [0.15, 0.2) is 0 Å². The second kappa shape index (κ2) is 8.56. The fraction of sp³-hybridized carbons (Fsp3) is 0.250. The Labute approximate surface area is 146 Å². The predicted molar refractivity (Wildman–Crippen MR) is 93.4 cm³/mol. The highest BCUT2D eigenvalue weighted by Gasteiger charge is 2.19. The van der Waals surface area contributed by atoms with E-state index in [1.165, 1.54) is 31.3 Å². The molecule has 0 fully saturated rings. The maximum atomic E-state index is 12.2. The minimum atomic E-state index is -3.65. The third-order valence-electron chi connectivity index (χ3n) is 3.41. The molecule has 0 aliphatic heterocycles. The highest BCUT2D eigenvalue weighted by Crippen LogP contribution is 2.17. The first-order chi connectivity index (χ1) is 11.9. The number of rotatable bonds is 7. The van der Waals surface area contributed by atoms with Crippen LogP contribution in [0.25, 0.3) is 0 Å². The summed E-state index contributed by atoms with van der Waals surface area (Å²) in [6, 6.07) is 9.03. The van der Waals surface area contributed by atoms with E-state index in [2.05, 4.69) is 15.6 Å². The number of aromatic nitrogens is 1. The molecule has 1 heterocycles. The first-order valence-corrected chi connectivity index (χ1v) is 8.98. The number of amides is 2. The number of carbonyl (C=O) groups is 1. The molecule has 2 amide bonds. The number of sulfonamides is 1. The Bertz CT molecular complexity index is 795. The van der Waals surface area contributed by atoms with Crippen LogP contribution in [0.4, 0.5) is 10.5 Å². The molecule has 2 aromatic rings. The van der Waals surface area contributed by atoms with E-state index in [1.54, 1.807) is 18.5 Å². The fourth-order valence-corrected chi connectivity index (χ4v) is 3.17. The molecule has 0 saturated carbocycles. The molecule has 25 heavy (non-hydrogen) atoms. The normalized spacial score (nSPS) is 11.3. The summed E-state index contributed by atoms with van der Waals surface area (Å²) >= 11 is 0. The van der Waals surface area contributed by atoms with Gasteiger partial charge in [-0.2, -0.15) is 4.31 Å². The fourth-order valence-electron chi connectivity index (χ4n) is 2.01. The quantitative estimate of drug-likeness (QED) is 0.679. The summed E-state index contributed by atoms with van der Waals surface area (Å²) < 4.78 is 25.5. The summed E-state index contributed by atoms with van der Waals surface area (Å²) in [6.45, 7) is 0.0870. The lowest BCUT2D eigenvalue weighted by Crippen LogP contribution is -2.30. The van der Waals surface area contributed by atoms with Gasteiger partial charge < -0.3 is 15.7 Å². The predicted octanol–water partition coefficient (Wildman–Crippen LogP) is 1.02. The number of pyridine rings is 1.